The molecule has 0 saturated carbocycles. The fourth-order valence-electron chi connectivity index (χ4n) is 3.14. The first kappa shape index (κ1) is 17.3. The molecule has 0 unspecified atom stereocenters. The number of nitrogens with zero attached hydrogens (tertiary/aromatic N) is 3. The van der Waals surface area contributed by atoms with Gasteiger partial charge in [-0.2, -0.15) is 0 Å². The van der Waals surface area contributed by atoms with Crippen molar-refractivity contribution in [3.05, 3.63) is 43.0 Å². The van der Waals surface area contributed by atoms with Gasteiger partial charge >= 0.3 is 0 Å². The van der Waals surface area contributed by atoms with Crippen LogP contribution in [0.3, 0.4) is 0 Å². The Kier molecular flexibility index (Phi) is 5.58. The summed E-state index contributed by atoms with van der Waals surface area (Å²) in [5.74, 6) is 1.70. The first-order chi connectivity index (χ1) is 12.2. The minimum atomic E-state index is 0.117. The van der Waals surface area contributed by atoms with E-state index in [9.17, 15) is 4.79 Å². The van der Waals surface area contributed by atoms with Crippen LogP contribution in [0.4, 0.5) is 0 Å². The molecule has 6 nitrogen and oxygen atoms in total. The second-order valence-corrected chi connectivity index (χ2v) is 6.41. The summed E-state index contributed by atoms with van der Waals surface area (Å²) < 4.78 is 13.4. The largest absolute Gasteiger partial charge is 0.493 e. The Morgan fingerprint density at radius 3 is 2.64 bits per heavy atom. The SMILES string of the molecule is COc1ccccc1OC1CCN(C(=O)C[C@H](C)n2ccnc2)CC1. The van der Waals surface area contributed by atoms with Crippen LogP contribution in [0.25, 0.3) is 0 Å². The number of carbonyl (C=O) groups excluding carboxylic acids is 1. The molecule has 0 spiro atoms. The lowest BCUT2D eigenvalue weighted by atomic mass is 10.1. The van der Waals surface area contributed by atoms with E-state index in [1.165, 1.54) is 0 Å². The molecule has 1 aromatic heterocycles. The maximum atomic E-state index is 12.5. The van der Waals surface area contributed by atoms with E-state index in [0.29, 0.717) is 6.42 Å². The number of amides is 1. The number of aromatic nitrogens is 2. The number of para-hydroxylation sites is 2. The van der Waals surface area contributed by atoms with Crippen LogP contribution in [-0.4, -0.2) is 46.7 Å². The van der Waals surface area contributed by atoms with Gasteiger partial charge in [-0.05, 0) is 19.1 Å². The number of likely N-dealkylation sites (tertiary alicyclic amines) is 1. The second-order valence-electron chi connectivity index (χ2n) is 6.41. The van der Waals surface area contributed by atoms with Crippen molar-refractivity contribution in [1.29, 1.82) is 0 Å². The quantitative estimate of drug-likeness (QED) is 0.809. The summed E-state index contributed by atoms with van der Waals surface area (Å²) in [6.07, 6.45) is 7.67. The topological polar surface area (TPSA) is 56.6 Å². The van der Waals surface area contributed by atoms with Crippen LogP contribution in [-0.2, 0) is 4.79 Å². The molecule has 1 aliphatic heterocycles. The highest BCUT2D eigenvalue weighted by Gasteiger charge is 2.25. The van der Waals surface area contributed by atoms with Gasteiger partial charge < -0.3 is 18.9 Å². The summed E-state index contributed by atoms with van der Waals surface area (Å²) >= 11 is 0. The van der Waals surface area contributed by atoms with Crippen molar-refractivity contribution in [2.45, 2.75) is 38.3 Å². The number of hydrogen-bond acceptors (Lipinski definition) is 4. The van der Waals surface area contributed by atoms with Gasteiger partial charge in [0.15, 0.2) is 11.5 Å². The second kappa shape index (κ2) is 8.05. The van der Waals surface area contributed by atoms with E-state index in [2.05, 4.69) is 4.98 Å². The van der Waals surface area contributed by atoms with Crippen molar-refractivity contribution in [3.8, 4) is 11.5 Å². The minimum absolute atomic E-state index is 0.117. The molecule has 0 N–H and O–H groups in total. The van der Waals surface area contributed by atoms with Crippen molar-refractivity contribution in [2.24, 2.45) is 0 Å². The molecular weight excluding hydrogens is 318 g/mol. The first-order valence-corrected chi connectivity index (χ1v) is 8.72. The van der Waals surface area contributed by atoms with Crippen LogP contribution in [0.15, 0.2) is 43.0 Å². The van der Waals surface area contributed by atoms with Gasteiger partial charge in [0.1, 0.15) is 6.10 Å². The molecule has 1 aliphatic rings. The van der Waals surface area contributed by atoms with E-state index >= 15 is 0 Å². The fraction of sp³-hybridized carbons (Fsp3) is 0.474. The van der Waals surface area contributed by atoms with Crippen molar-refractivity contribution in [3.63, 3.8) is 0 Å². The van der Waals surface area contributed by atoms with Crippen LogP contribution < -0.4 is 9.47 Å². The lowest BCUT2D eigenvalue weighted by Crippen LogP contribution is -2.42. The minimum Gasteiger partial charge on any atom is -0.493 e. The lowest BCUT2D eigenvalue weighted by Gasteiger charge is -2.33. The van der Waals surface area contributed by atoms with Gasteiger partial charge in [0.2, 0.25) is 5.91 Å². The summed E-state index contributed by atoms with van der Waals surface area (Å²) in [6, 6.07) is 7.80. The van der Waals surface area contributed by atoms with Gasteiger partial charge in [0, 0.05) is 50.8 Å². The van der Waals surface area contributed by atoms with Crippen molar-refractivity contribution in [2.75, 3.05) is 20.2 Å². The molecule has 2 heterocycles. The summed E-state index contributed by atoms with van der Waals surface area (Å²) in [5, 5.41) is 0. The molecule has 2 aromatic rings. The molecule has 1 fully saturated rings. The number of rotatable bonds is 6. The molecule has 1 atom stereocenters. The van der Waals surface area contributed by atoms with Crippen LogP contribution in [0.1, 0.15) is 32.2 Å². The highest BCUT2D eigenvalue weighted by atomic mass is 16.5. The maximum Gasteiger partial charge on any atom is 0.224 e. The van der Waals surface area contributed by atoms with Crippen LogP contribution in [0, 0.1) is 0 Å². The molecule has 1 saturated heterocycles. The zero-order valence-electron chi connectivity index (χ0n) is 14.8. The lowest BCUT2D eigenvalue weighted by molar-refractivity contribution is -0.133. The average Bonchev–Trinajstić information content (AvgIpc) is 3.17. The van der Waals surface area contributed by atoms with Gasteiger partial charge in [-0.3, -0.25) is 4.79 Å². The Morgan fingerprint density at radius 2 is 2.00 bits per heavy atom. The molecule has 0 bridgehead atoms. The highest BCUT2D eigenvalue weighted by molar-refractivity contribution is 5.76. The highest BCUT2D eigenvalue weighted by Crippen LogP contribution is 2.29. The zero-order chi connectivity index (χ0) is 17.6. The molecule has 1 aromatic carbocycles. The Labute approximate surface area is 148 Å². The van der Waals surface area contributed by atoms with E-state index in [4.69, 9.17) is 9.47 Å². The predicted molar refractivity (Wildman–Crippen MR) is 94.8 cm³/mol. The number of imidazole rings is 1. The molecule has 134 valence electrons. The standard InChI is InChI=1S/C19H25N3O3/c1-15(22-12-9-20-14-22)13-19(23)21-10-7-16(8-11-21)25-18-6-4-3-5-17(18)24-2/h3-6,9,12,14-16H,7-8,10-11,13H2,1-2H3/t15-/m0/s1. The van der Waals surface area contributed by atoms with E-state index in [1.54, 1.807) is 19.6 Å². The number of hydrogen-bond donors (Lipinski definition) is 0. The van der Waals surface area contributed by atoms with Gasteiger partial charge in [-0.25, -0.2) is 4.98 Å². The Bertz CT molecular complexity index is 679. The number of benzene rings is 1. The molecule has 0 aliphatic carbocycles. The number of carbonyl (C=O) groups is 1. The van der Waals surface area contributed by atoms with Crippen LogP contribution in [0.2, 0.25) is 0 Å². The summed E-state index contributed by atoms with van der Waals surface area (Å²) in [5.41, 5.74) is 0. The van der Waals surface area contributed by atoms with E-state index in [0.717, 1.165) is 37.4 Å². The summed E-state index contributed by atoms with van der Waals surface area (Å²) in [7, 11) is 1.64. The normalized spacial score (nSPS) is 16.5. The van der Waals surface area contributed by atoms with Crippen molar-refractivity contribution < 1.29 is 14.3 Å². The molecular formula is C19H25N3O3. The van der Waals surface area contributed by atoms with Gasteiger partial charge in [-0.15, -0.1) is 0 Å². The fourth-order valence-corrected chi connectivity index (χ4v) is 3.14. The summed E-state index contributed by atoms with van der Waals surface area (Å²) in [6.45, 7) is 3.50. The average molecular weight is 343 g/mol. The molecule has 6 heteroatoms. The van der Waals surface area contributed by atoms with Crippen LogP contribution >= 0.6 is 0 Å². The third kappa shape index (κ3) is 4.32. The Morgan fingerprint density at radius 1 is 1.28 bits per heavy atom. The molecule has 1 amide bonds. The Balaban J connectivity index is 1.49. The van der Waals surface area contributed by atoms with E-state index in [1.807, 2.05) is 46.9 Å². The van der Waals surface area contributed by atoms with Crippen molar-refractivity contribution in [1.82, 2.24) is 14.5 Å². The van der Waals surface area contributed by atoms with Gasteiger partial charge in [0.25, 0.3) is 0 Å². The predicted octanol–water partition coefficient (Wildman–Crippen LogP) is 2.91. The third-order valence-electron chi connectivity index (χ3n) is 4.66. The zero-order valence-corrected chi connectivity index (χ0v) is 14.8. The molecule has 25 heavy (non-hydrogen) atoms. The van der Waals surface area contributed by atoms with E-state index < -0.39 is 0 Å². The van der Waals surface area contributed by atoms with Crippen LogP contribution in [0.5, 0.6) is 11.5 Å². The maximum absolute atomic E-state index is 12.5. The Hall–Kier alpha value is -2.50. The number of methoxy groups -OCH3 is 1. The number of piperidine rings is 1. The van der Waals surface area contributed by atoms with E-state index in [-0.39, 0.29) is 18.1 Å². The van der Waals surface area contributed by atoms with Crippen molar-refractivity contribution >= 4 is 5.91 Å². The first-order valence-electron chi connectivity index (χ1n) is 8.72. The van der Waals surface area contributed by atoms with Gasteiger partial charge in [0.05, 0.1) is 13.4 Å². The smallest absolute Gasteiger partial charge is 0.224 e. The molecule has 3 rings (SSSR count). The summed E-state index contributed by atoms with van der Waals surface area (Å²) in [4.78, 5) is 18.5. The van der Waals surface area contributed by atoms with Gasteiger partial charge in [-0.1, -0.05) is 12.1 Å². The third-order valence-corrected chi connectivity index (χ3v) is 4.66. The monoisotopic (exact) mass is 343 g/mol. The molecule has 0 radical (unpaired) electrons. The number of ether oxygens (including phenoxy) is 2.